The molecule has 0 amide bonds. The van der Waals surface area contributed by atoms with Crippen molar-refractivity contribution in [3.63, 3.8) is 0 Å². The van der Waals surface area contributed by atoms with E-state index < -0.39 is 6.10 Å². The average Bonchev–Trinajstić information content (AvgIpc) is 2.89. The summed E-state index contributed by atoms with van der Waals surface area (Å²) in [6, 6.07) is 5.67. The first-order chi connectivity index (χ1) is 10.0. The summed E-state index contributed by atoms with van der Waals surface area (Å²) in [4.78, 5) is 0. The zero-order valence-corrected chi connectivity index (χ0v) is 12.8. The van der Waals surface area contributed by atoms with E-state index >= 15 is 0 Å². The first-order valence-electron chi connectivity index (χ1n) is 6.97. The van der Waals surface area contributed by atoms with Crippen LogP contribution in [0.1, 0.15) is 34.2 Å². The Morgan fingerprint density at radius 2 is 2.10 bits per heavy atom. The summed E-state index contributed by atoms with van der Waals surface area (Å²) in [5.41, 5.74) is 4.39. The second-order valence-electron chi connectivity index (χ2n) is 5.40. The van der Waals surface area contributed by atoms with Crippen LogP contribution in [-0.2, 0) is 12.8 Å². The largest absolute Gasteiger partial charge is 0.493 e. The number of ether oxygens (including phenoxy) is 1. The highest BCUT2D eigenvalue weighted by atomic mass is 35.5. The summed E-state index contributed by atoms with van der Waals surface area (Å²) < 4.78 is 5.68. The van der Waals surface area contributed by atoms with E-state index in [9.17, 15) is 5.11 Å². The van der Waals surface area contributed by atoms with Crippen LogP contribution < -0.4 is 4.74 Å². The quantitative estimate of drug-likeness (QED) is 0.947. The smallest absolute Gasteiger partial charge is 0.126 e. The van der Waals surface area contributed by atoms with E-state index in [0.29, 0.717) is 18.1 Å². The number of nitrogens with zero attached hydrogens (tertiary/aromatic N) is 2. The molecule has 0 saturated carbocycles. The van der Waals surface area contributed by atoms with E-state index in [1.807, 2.05) is 32.0 Å². The van der Waals surface area contributed by atoms with Crippen LogP contribution >= 0.6 is 11.6 Å². The van der Waals surface area contributed by atoms with Gasteiger partial charge in [0, 0.05) is 23.4 Å². The number of hydrogen-bond acceptors (Lipinski definition) is 4. The molecule has 1 aliphatic heterocycles. The Bertz CT molecular complexity index is 688. The number of aliphatic hydroxyl groups is 1. The van der Waals surface area contributed by atoms with Gasteiger partial charge in [-0.2, -0.15) is 10.2 Å². The van der Waals surface area contributed by atoms with Crippen molar-refractivity contribution in [3.8, 4) is 5.75 Å². The second-order valence-corrected chi connectivity index (χ2v) is 5.83. The number of aliphatic hydroxyl groups excluding tert-OH is 1. The fourth-order valence-corrected chi connectivity index (χ4v) is 2.99. The maximum absolute atomic E-state index is 10.5. The number of aromatic nitrogens is 2. The fraction of sp³-hybridized carbons (Fsp3) is 0.375. The Kier molecular flexibility index (Phi) is 3.83. The van der Waals surface area contributed by atoms with Crippen molar-refractivity contribution >= 4 is 11.6 Å². The zero-order valence-electron chi connectivity index (χ0n) is 12.1. The minimum absolute atomic E-state index is 0.453. The lowest BCUT2D eigenvalue weighted by Gasteiger charge is -2.15. The summed E-state index contributed by atoms with van der Waals surface area (Å²) in [6.45, 7) is 4.39. The van der Waals surface area contributed by atoms with Crippen molar-refractivity contribution in [2.45, 2.75) is 32.8 Å². The van der Waals surface area contributed by atoms with Gasteiger partial charge in [-0.3, -0.25) is 0 Å². The third-order valence-electron chi connectivity index (χ3n) is 3.74. The standard InChI is InChI=1S/C16H17ClN2O2/c1-9-5-14(10(2)19-18-9)15(20)8-12-7-13(17)6-11-3-4-21-16(11)12/h5-7,15,20H,3-4,8H2,1-2H3. The van der Waals surface area contributed by atoms with Gasteiger partial charge in [0.15, 0.2) is 0 Å². The van der Waals surface area contributed by atoms with E-state index in [-0.39, 0.29) is 0 Å². The molecule has 110 valence electrons. The van der Waals surface area contributed by atoms with Crippen molar-refractivity contribution in [3.05, 3.63) is 51.3 Å². The van der Waals surface area contributed by atoms with Crippen molar-refractivity contribution < 1.29 is 9.84 Å². The molecule has 5 heteroatoms. The van der Waals surface area contributed by atoms with Crippen LogP contribution in [0.3, 0.4) is 0 Å². The van der Waals surface area contributed by atoms with Gasteiger partial charge in [-0.05, 0) is 43.2 Å². The normalized spacial score (nSPS) is 14.7. The summed E-state index contributed by atoms with van der Waals surface area (Å²) in [6.07, 6.45) is 0.675. The highest BCUT2D eigenvalue weighted by Gasteiger charge is 2.21. The molecule has 0 fully saturated rings. The molecule has 1 aromatic carbocycles. The van der Waals surface area contributed by atoms with E-state index in [0.717, 1.165) is 40.2 Å². The summed E-state index contributed by atoms with van der Waals surface area (Å²) in [5, 5.41) is 19.3. The molecule has 21 heavy (non-hydrogen) atoms. The predicted molar refractivity (Wildman–Crippen MR) is 80.8 cm³/mol. The van der Waals surface area contributed by atoms with E-state index in [2.05, 4.69) is 10.2 Å². The molecular weight excluding hydrogens is 288 g/mol. The van der Waals surface area contributed by atoms with E-state index in [1.165, 1.54) is 0 Å². The molecule has 1 N–H and O–H groups in total. The van der Waals surface area contributed by atoms with Crippen LogP contribution in [0, 0.1) is 13.8 Å². The minimum Gasteiger partial charge on any atom is -0.493 e. The number of halogens is 1. The van der Waals surface area contributed by atoms with Crippen LogP contribution in [0.2, 0.25) is 5.02 Å². The molecule has 2 heterocycles. The molecule has 1 atom stereocenters. The van der Waals surface area contributed by atoms with Gasteiger partial charge in [0.05, 0.1) is 24.1 Å². The maximum Gasteiger partial charge on any atom is 0.126 e. The molecule has 3 rings (SSSR count). The lowest BCUT2D eigenvalue weighted by atomic mass is 9.98. The molecule has 1 aromatic heterocycles. The second kappa shape index (κ2) is 5.62. The number of fused-ring (bicyclic) bond motifs is 1. The Labute approximate surface area is 128 Å². The first-order valence-corrected chi connectivity index (χ1v) is 7.35. The SMILES string of the molecule is Cc1cc(C(O)Cc2cc(Cl)cc3c2OCC3)c(C)nn1. The van der Waals surface area contributed by atoms with E-state index in [4.69, 9.17) is 16.3 Å². The van der Waals surface area contributed by atoms with Crippen LogP contribution in [0.5, 0.6) is 5.75 Å². The number of rotatable bonds is 3. The Morgan fingerprint density at radius 3 is 2.90 bits per heavy atom. The van der Waals surface area contributed by atoms with Gasteiger partial charge in [0.1, 0.15) is 5.75 Å². The fourth-order valence-electron chi connectivity index (χ4n) is 2.72. The van der Waals surface area contributed by atoms with Crippen LogP contribution in [0.4, 0.5) is 0 Å². The summed E-state index contributed by atoms with van der Waals surface area (Å²) >= 11 is 6.15. The van der Waals surface area contributed by atoms with Crippen molar-refractivity contribution in [1.29, 1.82) is 0 Å². The lowest BCUT2D eigenvalue weighted by molar-refractivity contribution is 0.175. The van der Waals surface area contributed by atoms with Gasteiger partial charge in [0.25, 0.3) is 0 Å². The molecule has 4 nitrogen and oxygen atoms in total. The third-order valence-corrected chi connectivity index (χ3v) is 3.96. The number of aryl methyl sites for hydroxylation is 2. The topological polar surface area (TPSA) is 55.2 Å². The summed E-state index contributed by atoms with van der Waals surface area (Å²) in [5.74, 6) is 0.870. The molecule has 0 radical (unpaired) electrons. The molecule has 0 aliphatic carbocycles. The van der Waals surface area contributed by atoms with Gasteiger partial charge in [-0.15, -0.1) is 0 Å². The molecule has 1 aliphatic rings. The van der Waals surface area contributed by atoms with Crippen molar-refractivity contribution in [2.75, 3.05) is 6.61 Å². The predicted octanol–water partition coefficient (Wildman–Crippen LogP) is 2.96. The van der Waals surface area contributed by atoms with E-state index in [1.54, 1.807) is 0 Å². The van der Waals surface area contributed by atoms with Crippen LogP contribution in [-0.4, -0.2) is 21.9 Å². The van der Waals surface area contributed by atoms with Crippen molar-refractivity contribution in [1.82, 2.24) is 10.2 Å². The van der Waals surface area contributed by atoms with Gasteiger partial charge in [-0.1, -0.05) is 11.6 Å². The molecule has 2 aromatic rings. The monoisotopic (exact) mass is 304 g/mol. The lowest BCUT2D eigenvalue weighted by Crippen LogP contribution is -2.08. The molecule has 0 spiro atoms. The maximum atomic E-state index is 10.5. The molecular formula is C16H17ClN2O2. The Morgan fingerprint density at radius 1 is 1.29 bits per heavy atom. The third kappa shape index (κ3) is 2.87. The highest BCUT2D eigenvalue weighted by molar-refractivity contribution is 6.30. The van der Waals surface area contributed by atoms with Crippen molar-refractivity contribution in [2.24, 2.45) is 0 Å². The number of benzene rings is 1. The average molecular weight is 305 g/mol. The number of hydrogen-bond donors (Lipinski definition) is 1. The van der Waals surface area contributed by atoms with Gasteiger partial charge < -0.3 is 9.84 Å². The van der Waals surface area contributed by atoms with Gasteiger partial charge in [-0.25, -0.2) is 0 Å². The zero-order chi connectivity index (χ0) is 15.0. The van der Waals surface area contributed by atoms with Gasteiger partial charge >= 0.3 is 0 Å². The first kappa shape index (κ1) is 14.3. The van der Waals surface area contributed by atoms with Crippen LogP contribution in [0.15, 0.2) is 18.2 Å². The molecule has 0 bridgehead atoms. The molecule has 1 unspecified atom stereocenters. The Balaban J connectivity index is 1.92. The minimum atomic E-state index is -0.647. The summed E-state index contributed by atoms with van der Waals surface area (Å²) in [7, 11) is 0. The van der Waals surface area contributed by atoms with Gasteiger partial charge in [0.2, 0.25) is 0 Å². The highest BCUT2D eigenvalue weighted by Crippen LogP contribution is 2.35. The van der Waals surface area contributed by atoms with Crippen LogP contribution in [0.25, 0.3) is 0 Å². The Hall–Kier alpha value is -1.65. The molecule has 0 saturated heterocycles.